The zero-order valence-corrected chi connectivity index (χ0v) is 17.9. The van der Waals surface area contributed by atoms with Crippen LogP contribution in [0.15, 0.2) is 58.4 Å². The molecule has 1 unspecified atom stereocenters. The third kappa shape index (κ3) is 3.71. The Labute approximate surface area is 189 Å². The van der Waals surface area contributed by atoms with Gasteiger partial charge in [0.1, 0.15) is 11.9 Å². The molecular weight excluding hydrogens is 424 g/mol. The van der Waals surface area contributed by atoms with Gasteiger partial charge in [0.05, 0.1) is 17.1 Å². The maximum Gasteiger partial charge on any atom is 0.370 e. The largest absolute Gasteiger partial charge is 0.505 e. The fourth-order valence-corrected chi connectivity index (χ4v) is 4.31. The molecule has 0 aromatic heterocycles. The van der Waals surface area contributed by atoms with Crippen LogP contribution in [0.4, 0.5) is 11.4 Å². The highest BCUT2D eigenvalue weighted by molar-refractivity contribution is 6.71. The van der Waals surface area contributed by atoms with E-state index in [4.69, 9.17) is 9.84 Å². The summed E-state index contributed by atoms with van der Waals surface area (Å²) in [4.78, 5) is 24.1. The van der Waals surface area contributed by atoms with Gasteiger partial charge in [-0.2, -0.15) is 15.2 Å². The first-order valence-electron chi connectivity index (χ1n) is 10.7. The second-order valence-corrected chi connectivity index (χ2v) is 8.14. The number of nitrogens with one attached hydrogen (secondary N) is 1. The standard InChI is InChI=1S/C24H22N4O5/c1-13-21(23(30)28(27-13)16-9-8-14-4-2-5-15(14)12-16)26-25-18-7-3-6-17(22(18)29)19-10-11-20(33-19)24(31)32/h3,6-9,11-12,19,25,29H,2,4-5,10H2,1H3,(H,31,32)/b26-21-. The van der Waals surface area contributed by atoms with E-state index in [0.29, 0.717) is 23.4 Å². The highest BCUT2D eigenvalue weighted by atomic mass is 16.5. The van der Waals surface area contributed by atoms with Gasteiger partial charge in [-0.3, -0.25) is 10.2 Å². The molecule has 3 N–H and O–H groups in total. The van der Waals surface area contributed by atoms with Crippen LogP contribution in [0.5, 0.6) is 5.75 Å². The number of aryl methyl sites for hydroxylation is 2. The number of para-hydroxylation sites is 1. The Morgan fingerprint density at radius 2 is 2.06 bits per heavy atom. The number of ether oxygens (including phenoxy) is 1. The molecule has 2 aromatic rings. The number of aliphatic carboxylic acids is 1. The fraction of sp³-hybridized carbons (Fsp3) is 0.250. The van der Waals surface area contributed by atoms with Crippen LogP contribution in [-0.4, -0.2) is 33.5 Å². The van der Waals surface area contributed by atoms with Gasteiger partial charge in [-0.25, -0.2) is 4.79 Å². The molecule has 9 heteroatoms. The fourth-order valence-electron chi connectivity index (χ4n) is 4.31. The summed E-state index contributed by atoms with van der Waals surface area (Å²) in [5, 5.41) is 29.7. The molecule has 2 heterocycles. The zero-order valence-electron chi connectivity index (χ0n) is 17.9. The number of phenols is 1. The Bertz CT molecular complexity index is 1260. The Morgan fingerprint density at radius 3 is 2.85 bits per heavy atom. The van der Waals surface area contributed by atoms with E-state index in [2.05, 4.69) is 15.6 Å². The van der Waals surface area contributed by atoms with Crippen LogP contribution < -0.4 is 10.4 Å². The van der Waals surface area contributed by atoms with Crippen molar-refractivity contribution >= 4 is 34.7 Å². The molecule has 1 atom stereocenters. The molecule has 0 radical (unpaired) electrons. The molecule has 168 valence electrons. The second kappa shape index (κ2) is 8.09. The van der Waals surface area contributed by atoms with Crippen LogP contribution in [0.3, 0.4) is 0 Å². The van der Waals surface area contributed by atoms with Crippen LogP contribution >= 0.6 is 0 Å². The van der Waals surface area contributed by atoms with E-state index in [0.717, 1.165) is 19.3 Å². The summed E-state index contributed by atoms with van der Waals surface area (Å²) in [5.41, 5.74) is 7.31. The van der Waals surface area contributed by atoms with E-state index in [-0.39, 0.29) is 28.8 Å². The summed E-state index contributed by atoms with van der Waals surface area (Å²) >= 11 is 0. The van der Waals surface area contributed by atoms with Crippen molar-refractivity contribution in [3.63, 3.8) is 0 Å². The number of nitrogens with zero attached hydrogens (tertiary/aromatic N) is 3. The predicted octanol–water partition coefficient (Wildman–Crippen LogP) is 3.50. The van der Waals surface area contributed by atoms with Crippen molar-refractivity contribution in [2.75, 3.05) is 10.4 Å². The summed E-state index contributed by atoms with van der Waals surface area (Å²) in [6.07, 6.45) is 4.36. The number of benzene rings is 2. The van der Waals surface area contributed by atoms with Gasteiger partial charge < -0.3 is 14.9 Å². The molecule has 3 aliphatic rings. The van der Waals surface area contributed by atoms with Crippen LogP contribution in [0.1, 0.15) is 42.6 Å². The first-order valence-corrected chi connectivity index (χ1v) is 10.7. The van der Waals surface area contributed by atoms with Crippen molar-refractivity contribution in [3.8, 4) is 5.75 Å². The number of aromatic hydroxyl groups is 1. The molecule has 0 fully saturated rings. The van der Waals surface area contributed by atoms with Gasteiger partial charge in [0.2, 0.25) is 5.76 Å². The Kier molecular flexibility index (Phi) is 5.08. The third-order valence-corrected chi connectivity index (χ3v) is 6.01. The number of amides is 1. The number of carboxylic acid groups (broad SMARTS) is 1. The molecule has 0 saturated heterocycles. The SMILES string of the molecule is CC1=NN(c2ccc3c(c2)CCC3)C(=O)/C1=N\Nc1cccc(C2CC=C(C(=O)O)O2)c1O. The lowest BCUT2D eigenvalue weighted by molar-refractivity contribution is -0.137. The van der Waals surface area contributed by atoms with E-state index in [1.54, 1.807) is 25.1 Å². The minimum Gasteiger partial charge on any atom is -0.505 e. The monoisotopic (exact) mass is 446 g/mol. The lowest BCUT2D eigenvalue weighted by Crippen LogP contribution is -2.28. The number of hydrogen-bond donors (Lipinski definition) is 3. The normalized spacial score (nSPS) is 20.5. The molecule has 1 amide bonds. The Balaban J connectivity index is 1.34. The number of anilines is 2. The lowest BCUT2D eigenvalue weighted by Gasteiger charge is -2.16. The number of phenolic OH excluding ortho intramolecular Hbond substituents is 1. The van der Waals surface area contributed by atoms with Crippen molar-refractivity contribution in [2.24, 2.45) is 10.2 Å². The molecule has 0 spiro atoms. The summed E-state index contributed by atoms with van der Waals surface area (Å²) in [6, 6.07) is 10.9. The number of fused-ring (bicyclic) bond motifs is 1. The minimum absolute atomic E-state index is 0.123. The average Bonchev–Trinajstić information content (AvgIpc) is 3.52. The molecule has 0 saturated carbocycles. The third-order valence-electron chi connectivity index (χ3n) is 6.01. The molecule has 33 heavy (non-hydrogen) atoms. The van der Waals surface area contributed by atoms with Crippen LogP contribution in [0, 0.1) is 0 Å². The van der Waals surface area contributed by atoms with Gasteiger partial charge in [0, 0.05) is 12.0 Å². The molecule has 1 aliphatic carbocycles. The maximum absolute atomic E-state index is 13.0. The van der Waals surface area contributed by atoms with E-state index in [9.17, 15) is 14.7 Å². The number of rotatable bonds is 5. The zero-order chi connectivity index (χ0) is 23.1. The quantitative estimate of drug-likeness (QED) is 0.477. The number of carbonyl (C=O) groups is 2. The van der Waals surface area contributed by atoms with Crippen molar-refractivity contribution in [2.45, 2.75) is 38.7 Å². The van der Waals surface area contributed by atoms with Gasteiger partial charge in [-0.1, -0.05) is 18.2 Å². The van der Waals surface area contributed by atoms with Gasteiger partial charge in [-0.05, 0) is 61.6 Å². The lowest BCUT2D eigenvalue weighted by atomic mass is 10.1. The van der Waals surface area contributed by atoms with Gasteiger partial charge >= 0.3 is 11.9 Å². The summed E-state index contributed by atoms with van der Waals surface area (Å²) in [5.74, 6) is -1.78. The highest BCUT2D eigenvalue weighted by Gasteiger charge is 2.32. The number of carboxylic acids is 1. The Hall–Kier alpha value is -4.14. The molecular formula is C24H22N4O5. The molecule has 0 bridgehead atoms. The first-order chi connectivity index (χ1) is 15.9. The number of carbonyl (C=O) groups excluding carboxylic acids is 1. The smallest absolute Gasteiger partial charge is 0.370 e. The van der Waals surface area contributed by atoms with Crippen LogP contribution in [0.2, 0.25) is 0 Å². The van der Waals surface area contributed by atoms with Gasteiger partial charge in [0.25, 0.3) is 0 Å². The highest BCUT2D eigenvalue weighted by Crippen LogP contribution is 2.39. The number of hydrazone groups is 2. The van der Waals surface area contributed by atoms with Crippen LogP contribution in [-0.2, 0) is 27.2 Å². The predicted molar refractivity (Wildman–Crippen MR) is 122 cm³/mol. The molecule has 5 rings (SSSR count). The van der Waals surface area contributed by atoms with Crippen molar-refractivity contribution in [3.05, 3.63) is 64.9 Å². The average molecular weight is 446 g/mol. The van der Waals surface area contributed by atoms with Gasteiger partial charge in [-0.15, -0.1) is 0 Å². The van der Waals surface area contributed by atoms with Gasteiger partial charge in [0.15, 0.2) is 5.71 Å². The van der Waals surface area contributed by atoms with Crippen molar-refractivity contribution < 1.29 is 24.5 Å². The molecule has 2 aliphatic heterocycles. The Morgan fingerprint density at radius 1 is 1.24 bits per heavy atom. The molecule has 2 aromatic carbocycles. The van der Waals surface area contributed by atoms with Crippen LogP contribution in [0.25, 0.3) is 0 Å². The second-order valence-electron chi connectivity index (χ2n) is 8.14. The number of hydrogen-bond acceptors (Lipinski definition) is 7. The summed E-state index contributed by atoms with van der Waals surface area (Å²) in [7, 11) is 0. The van der Waals surface area contributed by atoms with Crippen molar-refractivity contribution in [1.82, 2.24) is 0 Å². The first kappa shape index (κ1) is 20.7. The summed E-state index contributed by atoms with van der Waals surface area (Å²) < 4.78 is 5.41. The van der Waals surface area contributed by atoms with E-state index < -0.39 is 12.1 Å². The topological polar surface area (TPSA) is 124 Å². The minimum atomic E-state index is -1.15. The maximum atomic E-state index is 13.0. The summed E-state index contributed by atoms with van der Waals surface area (Å²) in [6.45, 7) is 1.70. The van der Waals surface area contributed by atoms with E-state index >= 15 is 0 Å². The van der Waals surface area contributed by atoms with Crippen molar-refractivity contribution in [1.29, 1.82) is 0 Å². The van der Waals surface area contributed by atoms with E-state index in [1.165, 1.54) is 22.2 Å². The van der Waals surface area contributed by atoms with E-state index in [1.807, 2.05) is 18.2 Å². The molecule has 9 nitrogen and oxygen atoms in total.